The zero-order valence-electron chi connectivity index (χ0n) is 21.1. The number of carbonyl (C=O) groups excluding carboxylic acids is 1. The Morgan fingerprint density at radius 1 is 1.06 bits per heavy atom. The third-order valence-electron chi connectivity index (χ3n) is 6.82. The topological polar surface area (TPSA) is 63.0 Å². The van der Waals surface area contributed by atoms with E-state index < -0.39 is 0 Å². The van der Waals surface area contributed by atoms with Crippen LogP contribution in [0.25, 0.3) is 17.2 Å². The minimum Gasteiger partial charge on any atom is -0.462 e. The van der Waals surface area contributed by atoms with Crippen LogP contribution in [0.2, 0.25) is 0 Å². The molecule has 1 aliphatic heterocycles. The number of carbonyl (C=O) groups is 1. The molecule has 2 aliphatic rings. The molecule has 176 valence electrons. The summed E-state index contributed by atoms with van der Waals surface area (Å²) in [6, 6.07) is 13.8. The molecule has 4 nitrogen and oxygen atoms in total. The summed E-state index contributed by atoms with van der Waals surface area (Å²) >= 11 is 0. The second-order valence-electron chi connectivity index (χ2n) is 8.46. The van der Waals surface area contributed by atoms with E-state index >= 15 is 0 Å². The molecule has 2 fully saturated rings. The highest BCUT2D eigenvalue weighted by Gasteiger charge is 2.51. The smallest absolute Gasteiger partial charge is 0.309 e. The molecule has 0 spiro atoms. The van der Waals surface area contributed by atoms with E-state index in [1.807, 2.05) is 77.2 Å². The molecule has 0 amide bonds. The van der Waals surface area contributed by atoms with Crippen molar-refractivity contribution in [3.05, 3.63) is 59.9 Å². The summed E-state index contributed by atoms with van der Waals surface area (Å²) < 4.78 is 5.56. The van der Waals surface area contributed by atoms with Crippen molar-refractivity contribution < 1.29 is 9.53 Å². The number of aromatic nitrogens is 1. The Morgan fingerprint density at radius 2 is 1.76 bits per heavy atom. The Kier molecular flexibility index (Phi) is 9.85. The number of ether oxygens (including phenoxy) is 1. The number of hydrogen-bond acceptors (Lipinski definition) is 4. The van der Waals surface area contributed by atoms with Gasteiger partial charge >= 0.3 is 5.97 Å². The van der Waals surface area contributed by atoms with Crippen LogP contribution in [0.4, 0.5) is 0 Å². The molecule has 4 heteroatoms. The Bertz CT molecular complexity index is 974. The lowest BCUT2D eigenvalue weighted by Gasteiger charge is -2.40. The number of fused-ring (bicyclic) bond motifs is 1. The number of nitriles is 1. The zero-order valence-corrected chi connectivity index (χ0v) is 21.1. The summed E-state index contributed by atoms with van der Waals surface area (Å²) in [5, 5.41) is 9.31. The van der Waals surface area contributed by atoms with Crippen LogP contribution in [0, 0.1) is 40.9 Å². The number of nitrogens with zero attached hydrogens (tertiary/aromatic N) is 2. The van der Waals surface area contributed by atoms with Crippen LogP contribution in [0.1, 0.15) is 66.1 Å². The van der Waals surface area contributed by atoms with Crippen molar-refractivity contribution in [3.8, 4) is 17.2 Å². The van der Waals surface area contributed by atoms with Gasteiger partial charge in [-0.1, -0.05) is 71.9 Å². The predicted octanol–water partition coefficient (Wildman–Crippen LogP) is 7.16. The molecule has 1 saturated carbocycles. The van der Waals surface area contributed by atoms with Crippen molar-refractivity contribution in [1.82, 2.24) is 4.98 Å². The molecule has 2 aromatic rings. The summed E-state index contributed by atoms with van der Waals surface area (Å²) in [4.78, 5) is 16.8. The van der Waals surface area contributed by atoms with Crippen LogP contribution >= 0.6 is 0 Å². The minimum atomic E-state index is -0.0325. The molecule has 0 N–H and O–H groups in total. The van der Waals surface area contributed by atoms with Crippen LogP contribution < -0.4 is 0 Å². The molecule has 0 bridgehead atoms. The molecule has 4 rings (SSSR count). The van der Waals surface area contributed by atoms with Gasteiger partial charge in [-0.2, -0.15) is 5.26 Å². The second kappa shape index (κ2) is 12.3. The highest BCUT2D eigenvalue weighted by Crippen LogP contribution is 2.48. The summed E-state index contributed by atoms with van der Waals surface area (Å²) in [7, 11) is 0. The maximum Gasteiger partial charge on any atom is 0.309 e. The molecule has 33 heavy (non-hydrogen) atoms. The van der Waals surface area contributed by atoms with Gasteiger partial charge in [0.1, 0.15) is 6.10 Å². The summed E-state index contributed by atoms with van der Waals surface area (Å²) in [6.45, 7) is 14.5. The Hall–Kier alpha value is -2.93. The number of cyclic esters (lactones) is 1. The van der Waals surface area contributed by atoms with Gasteiger partial charge in [0.05, 0.1) is 23.2 Å². The number of hydrogen-bond donors (Lipinski definition) is 0. The summed E-state index contributed by atoms with van der Waals surface area (Å²) in [6.07, 6.45) is 6.99. The number of allylic oxidation sites excluding steroid dienone is 1. The van der Waals surface area contributed by atoms with Gasteiger partial charge in [0, 0.05) is 23.2 Å². The summed E-state index contributed by atoms with van der Waals surface area (Å²) in [5.41, 5.74) is 3.35. The maximum atomic E-state index is 12.2. The number of esters is 1. The zero-order chi connectivity index (χ0) is 24.5. The standard InChI is InChI=1S/C25H26N2O2.2C2H6/c1-15-12-23-24(17(3)29-25(23)28)21(16(15)2)11-10-20-9-8-19(14-27-20)22-7-5-4-6-18(22)13-26;2*1-2/h4-11,14-17,21,23-24H,12H2,1-3H3;2*1-2H3/b11-10+;;. The van der Waals surface area contributed by atoms with E-state index in [9.17, 15) is 10.1 Å². The SMILES string of the molecule is CC.CC.CC1CC2C(=O)OC(C)C2C(/C=C/c2ccc(-c3ccccc3C#N)cn2)C1C. The van der Waals surface area contributed by atoms with Crippen LogP contribution in [0.15, 0.2) is 48.7 Å². The fraction of sp³-hybridized carbons (Fsp3) is 0.483. The van der Waals surface area contributed by atoms with Gasteiger partial charge in [-0.3, -0.25) is 9.78 Å². The second-order valence-corrected chi connectivity index (χ2v) is 8.46. The van der Waals surface area contributed by atoms with E-state index in [0.29, 0.717) is 23.3 Å². The van der Waals surface area contributed by atoms with Gasteiger partial charge in [0.25, 0.3) is 0 Å². The van der Waals surface area contributed by atoms with Crippen molar-refractivity contribution in [2.75, 3.05) is 0 Å². The first-order valence-corrected chi connectivity index (χ1v) is 12.3. The normalized spacial score (nSPS) is 27.9. The molecule has 1 saturated heterocycles. The Morgan fingerprint density at radius 3 is 2.39 bits per heavy atom. The number of pyridine rings is 1. The van der Waals surface area contributed by atoms with E-state index in [4.69, 9.17) is 4.74 Å². The van der Waals surface area contributed by atoms with E-state index in [2.05, 4.69) is 37.1 Å². The largest absolute Gasteiger partial charge is 0.462 e. The molecule has 1 aromatic heterocycles. The quantitative estimate of drug-likeness (QED) is 0.469. The summed E-state index contributed by atoms with van der Waals surface area (Å²) in [5.74, 6) is 1.51. The predicted molar refractivity (Wildman–Crippen MR) is 135 cm³/mol. The van der Waals surface area contributed by atoms with Crippen LogP contribution in [0.3, 0.4) is 0 Å². The molecule has 6 unspecified atom stereocenters. The maximum absolute atomic E-state index is 12.2. The lowest BCUT2D eigenvalue weighted by atomic mass is 9.62. The van der Waals surface area contributed by atoms with Gasteiger partial charge in [0.2, 0.25) is 0 Å². The third kappa shape index (κ3) is 5.71. The highest BCUT2D eigenvalue weighted by molar-refractivity contribution is 5.75. The molecule has 2 heterocycles. The van der Waals surface area contributed by atoms with Crippen molar-refractivity contribution in [3.63, 3.8) is 0 Å². The number of benzene rings is 1. The van der Waals surface area contributed by atoms with Crippen molar-refractivity contribution >= 4 is 12.0 Å². The molecule has 1 aliphatic carbocycles. The molecular formula is C29H38N2O2. The molecule has 1 aromatic carbocycles. The average molecular weight is 447 g/mol. The Balaban J connectivity index is 0.000000914. The van der Waals surface area contributed by atoms with Gasteiger partial charge < -0.3 is 4.74 Å². The average Bonchev–Trinajstić information content (AvgIpc) is 3.14. The minimum absolute atomic E-state index is 0.0173. The van der Waals surface area contributed by atoms with Crippen LogP contribution in [0.5, 0.6) is 0 Å². The van der Waals surface area contributed by atoms with Crippen LogP contribution in [-0.2, 0) is 9.53 Å². The van der Waals surface area contributed by atoms with Gasteiger partial charge in [0.15, 0.2) is 0 Å². The molecular weight excluding hydrogens is 408 g/mol. The molecule has 6 atom stereocenters. The lowest BCUT2D eigenvalue weighted by Crippen LogP contribution is -2.39. The van der Waals surface area contributed by atoms with Gasteiger partial charge in [-0.15, -0.1) is 0 Å². The van der Waals surface area contributed by atoms with Crippen molar-refractivity contribution in [2.45, 2.75) is 61.0 Å². The van der Waals surface area contributed by atoms with E-state index in [1.54, 1.807) is 0 Å². The lowest BCUT2D eigenvalue weighted by molar-refractivity contribution is -0.144. The number of rotatable bonds is 3. The highest BCUT2D eigenvalue weighted by atomic mass is 16.6. The molecule has 0 radical (unpaired) electrons. The van der Waals surface area contributed by atoms with Crippen molar-refractivity contribution in [1.29, 1.82) is 5.26 Å². The van der Waals surface area contributed by atoms with Gasteiger partial charge in [-0.05, 0) is 49.3 Å². The van der Waals surface area contributed by atoms with Gasteiger partial charge in [-0.25, -0.2) is 0 Å². The van der Waals surface area contributed by atoms with Crippen LogP contribution in [-0.4, -0.2) is 17.1 Å². The van der Waals surface area contributed by atoms with E-state index in [0.717, 1.165) is 23.2 Å². The monoisotopic (exact) mass is 446 g/mol. The fourth-order valence-electron chi connectivity index (χ4n) is 5.02. The Labute approximate surface area is 199 Å². The first-order valence-electron chi connectivity index (χ1n) is 12.3. The van der Waals surface area contributed by atoms with E-state index in [1.165, 1.54) is 0 Å². The third-order valence-corrected chi connectivity index (χ3v) is 6.82. The first-order chi connectivity index (χ1) is 16.0. The first kappa shape index (κ1) is 26.3. The van der Waals surface area contributed by atoms with E-state index in [-0.39, 0.29) is 23.9 Å². The fourth-order valence-corrected chi connectivity index (χ4v) is 5.02. The van der Waals surface area contributed by atoms with Crippen molar-refractivity contribution in [2.24, 2.45) is 29.6 Å².